The summed E-state index contributed by atoms with van der Waals surface area (Å²) in [5.74, 6) is 0. The zero-order valence-electron chi connectivity index (χ0n) is 1.26. The molecule has 0 saturated heterocycles. The second-order valence-corrected chi connectivity index (χ2v) is 0. The Hall–Kier alpha value is 3.79. The molecule has 24 valence electrons. The van der Waals surface area contributed by atoms with Crippen LogP contribution in [0, 0.1) is 35.6 Å². The van der Waals surface area contributed by atoms with E-state index in [2.05, 4.69) is 0 Å². The van der Waals surface area contributed by atoms with Gasteiger partial charge in [-0.2, -0.15) is 0 Å². The van der Waals surface area contributed by atoms with Gasteiger partial charge in [-0.15, -0.1) is 0 Å². The second-order valence-electron chi connectivity index (χ2n) is 0. The molecule has 0 amide bonds. The Kier molecular flexibility index (Phi) is 99.0. The van der Waals surface area contributed by atoms with Gasteiger partial charge in [0.15, 0.2) is 0 Å². The van der Waals surface area contributed by atoms with Crippen LogP contribution in [-0.2, 0) is 33.8 Å². The van der Waals surface area contributed by atoms with E-state index >= 15 is 0 Å². The van der Waals surface area contributed by atoms with Crippen LogP contribution in [0.25, 0.3) is 0 Å². The molecule has 0 fully saturated rings. The van der Waals surface area contributed by atoms with Gasteiger partial charge in [-0.3, -0.25) is 0 Å². The molecule has 0 bridgehead atoms. The molecule has 0 aromatic rings. The van der Waals surface area contributed by atoms with Crippen LogP contribution in [-0.4, -0.2) is 48.9 Å². The van der Waals surface area contributed by atoms with Crippen LogP contribution in [0.4, 0.5) is 0 Å². The summed E-state index contributed by atoms with van der Waals surface area (Å²) >= 11 is 0. The fourth-order valence-electron chi connectivity index (χ4n) is 0. The zero-order valence-corrected chi connectivity index (χ0v) is 7.04. The van der Waals surface area contributed by atoms with E-state index in [-0.39, 0.29) is 118 Å². The van der Waals surface area contributed by atoms with Crippen molar-refractivity contribution in [3.8, 4) is 0 Å². The predicted molar refractivity (Wildman–Crippen MR) is 8.54 cm³/mol. The average molecular weight is 393 g/mol. The smallest absolute Gasteiger partial charge is 0 e. The largest absolute Gasteiger partial charge is 0 e. The first kappa shape index (κ1) is 25.0. The Labute approximate surface area is 115 Å². The summed E-state index contributed by atoms with van der Waals surface area (Å²) < 4.78 is 0. The van der Waals surface area contributed by atoms with Crippen molar-refractivity contribution >= 4 is 48.9 Å². The van der Waals surface area contributed by atoms with Crippen molar-refractivity contribution in [1.29, 1.82) is 0 Å². The van der Waals surface area contributed by atoms with Crippen molar-refractivity contribution in [2.45, 2.75) is 0 Å². The molecule has 0 aliphatic rings. The first-order valence-electron chi connectivity index (χ1n) is 0. The molecule has 0 aromatic heterocycles. The van der Waals surface area contributed by atoms with Crippen LogP contribution >= 0.6 is 0 Å². The fourth-order valence-corrected chi connectivity index (χ4v) is 0. The Morgan fingerprint density at radius 3 is 1.00 bits per heavy atom. The minimum Gasteiger partial charge on any atom is 0 e. The van der Waals surface area contributed by atoms with Crippen molar-refractivity contribution in [2.75, 3.05) is 0 Å². The third-order valence-electron chi connectivity index (χ3n) is 0. The first-order chi connectivity index (χ1) is 0. The molecule has 0 spiro atoms. The average Bonchev–Trinajstić information content (AvgIpc) is 0. The number of hydrogen-bond donors (Lipinski definition) is 0. The van der Waals surface area contributed by atoms with Gasteiger partial charge in [0, 0.05) is 69.4 Å². The molecule has 0 aliphatic heterocycles. The summed E-state index contributed by atoms with van der Waals surface area (Å²) in [5, 5.41) is 0. The molecule has 0 nitrogen and oxygen atoms in total. The van der Waals surface area contributed by atoms with Crippen molar-refractivity contribution in [3.63, 3.8) is 0 Å². The fraction of sp³-hybridized carbons (Fsp3) is 0. The molecule has 0 aliphatic carbocycles. The number of hydrogen-bond acceptors (Lipinski definition) is 0. The van der Waals surface area contributed by atoms with E-state index in [4.69, 9.17) is 0 Å². The molecule has 4 heteroatoms. The molecule has 0 unspecified atom stereocenters. The summed E-state index contributed by atoms with van der Waals surface area (Å²) in [6.07, 6.45) is 0. The minimum atomic E-state index is 0. The molecule has 2 radical (unpaired) electrons. The van der Waals surface area contributed by atoms with E-state index in [1.54, 1.807) is 0 Å². The van der Waals surface area contributed by atoms with Gasteiger partial charge < -0.3 is 0 Å². The van der Waals surface area contributed by atoms with Gasteiger partial charge in [-0.1, -0.05) is 0 Å². The summed E-state index contributed by atoms with van der Waals surface area (Å²) in [6.45, 7) is 0. The van der Waals surface area contributed by atoms with Crippen LogP contribution in [0.3, 0.4) is 0 Å². The zero-order chi connectivity index (χ0) is 0. The Bertz CT molecular complexity index is 8.00. The van der Waals surface area contributed by atoms with E-state index in [0.29, 0.717) is 0 Å². The van der Waals surface area contributed by atoms with Crippen LogP contribution in [0.2, 0.25) is 0 Å². The van der Waals surface area contributed by atoms with Gasteiger partial charge in [-0.25, -0.2) is 0 Å². The standard InChI is InChI=1S/Ba.Co.Fe.La.2H. The van der Waals surface area contributed by atoms with Gasteiger partial charge in [0.1, 0.15) is 0 Å². The molecule has 0 atom stereocenters. The molecular formula is H2BaCoFeLa. The number of rotatable bonds is 0. The predicted octanol–water partition coefficient (Wildman–Crippen LogP) is -0.921. The monoisotopic (exact) mass is 394 g/mol. The quantitative estimate of drug-likeness (QED) is 0.468. The van der Waals surface area contributed by atoms with Gasteiger partial charge in [0.05, 0.1) is 0 Å². The molecular weight excluding hydrogens is 391 g/mol. The Balaban J connectivity index is 0. The van der Waals surface area contributed by atoms with Crippen molar-refractivity contribution in [3.05, 3.63) is 0 Å². The first-order valence-corrected chi connectivity index (χ1v) is 0. The minimum absolute atomic E-state index is 0. The summed E-state index contributed by atoms with van der Waals surface area (Å²) in [7, 11) is 0. The molecule has 0 heterocycles. The molecule has 0 rings (SSSR count). The summed E-state index contributed by atoms with van der Waals surface area (Å²) in [4.78, 5) is 0. The van der Waals surface area contributed by atoms with Crippen LogP contribution < -0.4 is 0 Å². The third kappa shape index (κ3) is 9.25. The summed E-state index contributed by atoms with van der Waals surface area (Å²) in [6, 6.07) is 0. The maximum Gasteiger partial charge on any atom is 0 e. The van der Waals surface area contributed by atoms with Gasteiger partial charge in [-0.05, 0) is 0 Å². The van der Waals surface area contributed by atoms with Crippen LogP contribution in [0.5, 0.6) is 0 Å². The normalized spacial score (nSPS) is 0. The van der Waals surface area contributed by atoms with E-state index in [1.807, 2.05) is 0 Å². The Morgan fingerprint density at radius 1 is 1.00 bits per heavy atom. The Morgan fingerprint density at radius 2 is 1.00 bits per heavy atom. The molecule has 0 N–H and O–H groups in total. The maximum absolute atomic E-state index is 0. The third-order valence-corrected chi connectivity index (χ3v) is 0. The van der Waals surface area contributed by atoms with E-state index < -0.39 is 0 Å². The van der Waals surface area contributed by atoms with Crippen molar-refractivity contribution in [2.24, 2.45) is 0 Å². The maximum atomic E-state index is 0. The van der Waals surface area contributed by atoms with Crippen LogP contribution in [0.1, 0.15) is 0 Å². The van der Waals surface area contributed by atoms with Crippen LogP contribution in [0.15, 0.2) is 0 Å². The topological polar surface area (TPSA) is 0 Å². The van der Waals surface area contributed by atoms with Gasteiger partial charge >= 0.3 is 48.9 Å². The second kappa shape index (κ2) is 15.8. The molecule has 0 aromatic carbocycles. The van der Waals surface area contributed by atoms with Crippen molar-refractivity contribution < 1.29 is 69.4 Å². The summed E-state index contributed by atoms with van der Waals surface area (Å²) in [5.41, 5.74) is 0. The molecule has 0 saturated carbocycles. The van der Waals surface area contributed by atoms with E-state index in [9.17, 15) is 0 Å². The van der Waals surface area contributed by atoms with Gasteiger partial charge in [0.25, 0.3) is 0 Å². The molecule has 4 heavy (non-hydrogen) atoms. The van der Waals surface area contributed by atoms with Crippen molar-refractivity contribution in [1.82, 2.24) is 0 Å². The van der Waals surface area contributed by atoms with Gasteiger partial charge in [0.2, 0.25) is 0 Å². The van der Waals surface area contributed by atoms with E-state index in [0.717, 1.165) is 0 Å². The van der Waals surface area contributed by atoms with E-state index in [1.165, 1.54) is 0 Å². The SMILES string of the molecule is [BaH2].[Co].[Fe].[La].